The van der Waals surface area contributed by atoms with Crippen LogP contribution in [0.5, 0.6) is 0 Å². The van der Waals surface area contributed by atoms with E-state index in [9.17, 15) is 4.79 Å². The molecule has 0 aliphatic carbocycles. The molecule has 1 aliphatic rings. The van der Waals surface area contributed by atoms with Gasteiger partial charge in [0.25, 0.3) is 0 Å². The molecule has 10 heteroatoms. The van der Waals surface area contributed by atoms with Crippen molar-refractivity contribution in [2.24, 2.45) is 0 Å². The van der Waals surface area contributed by atoms with Crippen molar-refractivity contribution in [2.75, 3.05) is 26.2 Å². The summed E-state index contributed by atoms with van der Waals surface area (Å²) in [7, 11) is 0. The van der Waals surface area contributed by atoms with Crippen molar-refractivity contribution in [1.29, 1.82) is 0 Å². The molecule has 1 amide bonds. The van der Waals surface area contributed by atoms with Gasteiger partial charge in [0.2, 0.25) is 17.6 Å². The Morgan fingerprint density at radius 1 is 1.25 bits per heavy atom. The number of nitrogens with zero attached hydrogens (tertiary/aromatic N) is 6. The maximum absolute atomic E-state index is 12.5. The van der Waals surface area contributed by atoms with Crippen molar-refractivity contribution in [3.05, 3.63) is 47.1 Å². The summed E-state index contributed by atoms with van der Waals surface area (Å²) >= 11 is 6.05. The third-order valence-corrected chi connectivity index (χ3v) is 4.90. The molecular formula is C18H20ClN7O2. The molecule has 3 heterocycles. The number of amides is 1. The molecule has 28 heavy (non-hydrogen) atoms. The van der Waals surface area contributed by atoms with Gasteiger partial charge in [-0.25, -0.2) is 4.98 Å². The zero-order valence-corrected chi connectivity index (χ0v) is 16.0. The van der Waals surface area contributed by atoms with E-state index < -0.39 is 0 Å². The summed E-state index contributed by atoms with van der Waals surface area (Å²) in [6.45, 7) is 3.96. The second-order valence-corrected chi connectivity index (χ2v) is 7.07. The van der Waals surface area contributed by atoms with Crippen LogP contribution in [-0.4, -0.2) is 67.2 Å². The van der Waals surface area contributed by atoms with E-state index >= 15 is 0 Å². The van der Waals surface area contributed by atoms with E-state index in [1.165, 1.54) is 11.9 Å². The third-order valence-electron chi connectivity index (χ3n) is 4.67. The smallest absolute Gasteiger partial charge is 0.239 e. The quantitative estimate of drug-likeness (QED) is 0.671. The van der Waals surface area contributed by atoms with Crippen molar-refractivity contribution in [2.45, 2.75) is 19.4 Å². The number of benzene rings is 1. The van der Waals surface area contributed by atoms with Gasteiger partial charge in [-0.2, -0.15) is 10.1 Å². The van der Waals surface area contributed by atoms with Crippen LogP contribution in [-0.2, 0) is 17.8 Å². The van der Waals surface area contributed by atoms with Crippen LogP contribution in [0.1, 0.15) is 17.9 Å². The lowest BCUT2D eigenvalue weighted by Gasteiger charge is -2.34. The van der Waals surface area contributed by atoms with E-state index in [0.29, 0.717) is 43.5 Å². The third kappa shape index (κ3) is 4.55. The van der Waals surface area contributed by atoms with Gasteiger partial charge in [0.15, 0.2) is 5.82 Å². The first kappa shape index (κ1) is 18.6. The van der Waals surface area contributed by atoms with Gasteiger partial charge in [0.1, 0.15) is 6.33 Å². The number of hydrogen-bond donors (Lipinski definition) is 1. The van der Waals surface area contributed by atoms with Gasteiger partial charge < -0.3 is 9.42 Å². The summed E-state index contributed by atoms with van der Waals surface area (Å²) in [5.74, 6) is 1.30. The predicted octanol–water partition coefficient (Wildman–Crippen LogP) is 1.79. The van der Waals surface area contributed by atoms with E-state index in [1.54, 1.807) is 0 Å². The van der Waals surface area contributed by atoms with Crippen LogP contribution in [0.15, 0.2) is 35.1 Å². The Morgan fingerprint density at radius 2 is 2.11 bits per heavy atom. The van der Waals surface area contributed by atoms with Gasteiger partial charge in [-0.1, -0.05) is 28.9 Å². The fourth-order valence-electron chi connectivity index (χ4n) is 3.19. The number of carbonyl (C=O) groups is 1. The molecular weight excluding hydrogens is 382 g/mol. The number of carbonyl (C=O) groups excluding carboxylic acids is 1. The first-order chi connectivity index (χ1) is 13.7. The molecule has 146 valence electrons. The number of aromatic amines is 1. The number of aryl methyl sites for hydroxylation is 1. The standard InChI is InChI=1S/C18H20ClN7O2/c19-14-3-1-2-13(10-14)11-25-6-8-26(9-7-25)16(27)5-4-15-22-18(24-28-15)17-20-12-21-23-17/h1-3,10,12H,4-9,11H2,(H,20,21,23). The molecule has 0 unspecified atom stereocenters. The average Bonchev–Trinajstić information content (AvgIpc) is 3.38. The van der Waals surface area contributed by atoms with Gasteiger partial charge in [-0.3, -0.25) is 14.8 Å². The van der Waals surface area contributed by atoms with Crippen LogP contribution in [0.2, 0.25) is 5.02 Å². The van der Waals surface area contributed by atoms with Gasteiger partial charge >= 0.3 is 0 Å². The molecule has 9 nitrogen and oxygen atoms in total. The van der Waals surface area contributed by atoms with Gasteiger partial charge in [0, 0.05) is 50.6 Å². The first-order valence-corrected chi connectivity index (χ1v) is 9.48. The van der Waals surface area contributed by atoms with E-state index in [2.05, 4.69) is 36.3 Å². The largest absolute Gasteiger partial charge is 0.340 e. The average molecular weight is 402 g/mol. The number of halogens is 1. The van der Waals surface area contributed by atoms with Crippen LogP contribution < -0.4 is 0 Å². The maximum atomic E-state index is 12.5. The number of piperazine rings is 1. The normalized spacial score (nSPS) is 15.1. The fraction of sp³-hybridized carbons (Fsp3) is 0.389. The minimum absolute atomic E-state index is 0.0989. The summed E-state index contributed by atoms with van der Waals surface area (Å²) in [6.07, 6.45) is 2.12. The van der Waals surface area contributed by atoms with E-state index in [1.807, 2.05) is 23.1 Å². The zero-order chi connectivity index (χ0) is 19.3. The monoisotopic (exact) mass is 401 g/mol. The number of aromatic nitrogens is 5. The molecule has 0 saturated carbocycles. The number of hydrogen-bond acceptors (Lipinski definition) is 7. The molecule has 0 spiro atoms. The van der Waals surface area contributed by atoms with Crippen LogP contribution in [0.25, 0.3) is 11.6 Å². The molecule has 2 aromatic heterocycles. The predicted molar refractivity (Wildman–Crippen MR) is 101 cm³/mol. The lowest BCUT2D eigenvalue weighted by Crippen LogP contribution is -2.48. The fourth-order valence-corrected chi connectivity index (χ4v) is 3.40. The highest BCUT2D eigenvalue weighted by molar-refractivity contribution is 6.30. The maximum Gasteiger partial charge on any atom is 0.239 e. The second-order valence-electron chi connectivity index (χ2n) is 6.63. The zero-order valence-electron chi connectivity index (χ0n) is 15.2. The highest BCUT2D eigenvalue weighted by atomic mass is 35.5. The van der Waals surface area contributed by atoms with E-state index in [4.69, 9.17) is 16.1 Å². The SMILES string of the molecule is O=C(CCc1nc(-c2ncn[nH]2)no1)N1CCN(Cc2cccc(Cl)c2)CC1. The lowest BCUT2D eigenvalue weighted by molar-refractivity contribution is -0.133. The summed E-state index contributed by atoms with van der Waals surface area (Å²) < 4.78 is 5.18. The number of rotatable bonds is 6. The minimum atomic E-state index is 0.0989. The molecule has 1 N–H and O–H groups in total. The van der Waals surface area contributed by atoms with Crippen molar-refractivity contribution < 1.29 is 9.32 Å². The molecule has 1 aliphatic heterocycles. The lowest BCUT2D eigenvalue weighted by atomic mass is 10.2. The van der Waals surface area contributed by atoms with Gasteiger partial charge in [-0.15, -0.1) is 0 Å². The summed E-state index contributed by atoms with van der Waals surface area (Å²) in [4.78, 5) is 24.9. The van der Waals surface area contributed by atoms with Crippen LogP contribution >= 0.6 is 11.6 Å². The first-order valence-electron chi connectivity index (χ1n) is 9.10. The molecule has 1 aromatic carbocycles. The number of nitrogens with one attached hydrogen (secondary N) is 1. The Hall–Kier alpha value is -2.78. The van der Waals surface area contributed by atoms with E-state index in [0.717, 1.165) is 24.7 Å². The summed E-state index contributed by atoms with van der Waals surface area (Å²) in [5, 5.41) is 11.0. The Balaban J connectivity index is 1.23. The van der Waals surface area contributed by atoms with E-state index in [-0.39, 0.29) is 5.91 Å². The van der Waals surface area contributed by atoms with Crippen molar-refractivity contribution >= 4 is 17.5 Å². The topological polar surface area (TPSA) is 104 Å². The van der Waals surface area contributed by atoms with Gasteiger partial charge in [-0.05, 0) is 17.7 Å². The minimum Gasteiger partial charge on any atom is -0.340 e. The highest BCUT2D eigenvalue weighted by Gasteiger charge is 2.22. The molecule has 3 aromatic rings. The molecule has 1 fully saturated rings. The van der Waals surface area contributed by atoms with Crippen molar-refractivity contribution in [3.8, 4) is 11.6 Å². The van der Waals surface area contributed by atoms with Crippen molar-refractivity contribution in [1.82, 2.24) is 35.1 Å². The van der Waals surface area contributed by atoms with Crippen molar-refractivity contribution in [3.63, 3.8) is 0 Å². The Bertz CT molecular complexity index is 920. The number of H-pyrrole nitrogens is 1. The summed E-state index contributed by atoms with van der Waals surface area (Å²) in [6, 6.07) is 7.89. The Kier molecular flexibility index (Phi) is 5.63. The summed E-state index contributed by atoms with van der Waals surface area (Å²) in [5.41, 5.74) is 1.19. The van der Waals surface area contributed by atoms with Crippen LogP contribution in [0, 0.1) is 0 Å². The molecule has 0 bridgehead atoms. The van der Waals surface area contributed by atoms with Crippen LogP contribution in [0.4, 0.5) is 0 Å². The highest BCUT2D eigenvalue weighted by Crippen LogP contribution is 2.15. The Morgan fingerprint density at radius 3 is 2.86 bits per heavy atom. The molecule has 4 rings (SSSR count). The molecule has 0 atom stereocenters. The molecule has 0 radical (unpaired) electrons. The molecule has 1 saturated heterocycles. The van der Waals surface area contributed by atoms with Crippen LogP contribution in [0.3, 0.4) is 0 Å². The Labute approximate surface area is 166 Å². The second kappa shape index (κ2) is 8.49. The van der Waals surface area contributed by atoms with Gasteiger partial charge in [0.05, 0.1) is 0 Å².